The van der Waals surface area contributed by atoms with Crippen LogP contribution in [-0.4, -0.2) is 61.3 Å². The number of nitrogens with one attached hydrogen (secondary N) is 4. The van der Waals surface area contributed by atoms with Gasteiger partial charge in [-0.2, -0.15) is 0 Å². The second kappa shape index (κ2) is 19.4. The zero-order valence-corrected chi connectivity index (χ0v) is 40.2. The van der Waals surface area contributed by atoms with Crippen molar-refractivity contribution in [3.05, 3.63) is 134 Å². The van der Waals surface area contributed by atoms with Crippen LogP contribution in [0.25, 0.3) is 0 Å². The number of nitrogens with two attached hydrogens (primary N) is 3. The van der Waals surface area contributed by atoms with Crippen molar-refractivity contribution in [3.63, 3.8) is 0 Å². The second-order valence-electron chi connectivity index (χ2n) is 15.3. The van der Waals surface area contributed by atoms with Crippen molar-refractivity contribution in [2.75, 3.05) is 20.5 Å². The number of primary sulfonamides is 3. The fourth-order valence-electron chi connectivity index (χ4n) is 7.33. The van der Waals surface area contributed by atoms with Crippen LogP contribution in [0.15, 0.2) is 106 Å². The summed E-state index contributed by atoms with van der Waals surface area (Å²) < 4.78 is 69.0. The molecule has 8 rings (SSSR count). The minimum atomic E-state index is -4.02. The molecule has 5 aromatic rings. The summed E-state index contributed by atoms with van der Waals surface area (Å²) in [5.41, 5.74) is 8.15. The van der Waals surface area contributed by atoms with Gasteiger partial charge in [-0.3, -0.25) is 29.7 Å². The number of anilines is 4. The maximum atomic E-state index is 13.0. The third kappa shape index (κ3) is 10.9. The van der Waals surface area contributed by atoms with Crippen molar-refractivity contribution in [3.8, 4) is 0 Å². The summed E-state index contributed by atoms with van der Waals surface area (Å²) >= 11 is 17.7. The summed E-state index contributed by atoms with van der Waals surface area (Å²) in [6.45, 7) is 7.65. The van der Waals surface area contributed by atoms with E-state index in [9.17, 15) is 39.6 Å². The highest BCUT2D eigenvalue weighted by Gasteiger charge is 2.34. The normalized spacial score (nSPS) is 17.6. The highest BCUT2D eigenvalue weighted by molar-refractivity contribution is 7.89. The molecule has 3 aliphatic heterocycles. The summed E-state index contributed by atoms with van der Waals surface area (Å²) in [4.78, 5) is 38.1. The molecule has 0 bridgehead atoms. The first kappa shape index (κ1) is 49.9. The van der Waals surface area contributed by atoms with Crippen LogP contribution >= 0.6 is 34.8 Å². The van der Waals surface area contributed by atoms with Crippen molar-refractivity contribution in [1.82, 2.24) is 10.7 Å². The third-order valence-electron chi connectivity index (χ3n) is 10.6. The van der Waals surface area contributed by atoms with Gasteiger partial charge in [0.2, 0.25) is 30.1 Å². The van der Waals surface area contributed by atoms with Gasteiger partial charge in [-0.25, -0.2) is 40.7 Å². The lowest BCUT2D eigenvalue weighted by molar-refractivity contribution is 0.0930. The maximum absolute atomic E-state index is 13.0. The van der Waals surface area contributed by atoms with E-state index in [0.29, 0.717) is 17.8 Å². The lowest BCUT2D eigenvalue weighted by atomic mass is 10.1. The molecule has 0 saturated heterocycles. The number of para-hydroxylation sites is 2. The molecule has 0 saturated carbocycles. The summed E-state index contributed by atoms with van der Waals surface area (Å²) in [7, 11) is -12.0. The third-order valence-corrected chi connectivity index (χ3v) is 14.7. The van der Waals surface area contributed by atoms with Gasteiger partial charge in [0.25, 0.3) is 17.7 Å². The molecular formula is C42H44Cl3N9O9S3. The van der Waals surface area contributed by atoms with Crippen LogP contribution in [-0.2, 0) is 36.5 Å². The van der Waals surface area contributed by atoms with Gasteiger partial charge in [0.05, 0.1) is 55.5 Å². The van der Waals surface area contributed by atoms with Crippen LogP contribution in [0.1, 0.15) is 69.4 Å². The number of aryl methyl sites for hydroxylation is 1. The predicted octanol–water partition coefficient (Wildman–Crippen LogP) is 5.68. The average Bonchev–Trinajstić information content (AvgIpc) is 3.54. The number of halogens is 3. The van der Waals surface area contributed by atoms with Crippen molar-refractivity contribution in [2.24, 2.45) is 15.4 Å². The van der Waals surface area contributed by atoms with Gasteiger partial charge in [-0.05, 0) is 99.3 Å². The minimum absolute atomic E-state index is 0.00620. The SMILES string of the molecule is CC1Cc2ccccc2N1NC(=O)c1ccc(Cl)c(S(N)(=O)=O)c1.CCC1NC(=O)c2cc(S(N)(=O)=O)c(Cl)cc2N1.Cc1ccccc1N1C(=O)c2cc(S(N)(=O)=O)c(Cl)cc2NC1C. The molecule has 3 amide bonds. The Kier molecular flexibility index (Phi) is 14.7. The van der Waals surface area contributed by atoms with E-state index in [1.54, 1.807) is 9.91 Å². The smallest absolute Gasteiger partial charge is 0.269 e. The molecular weight excluding hydrogens is 977 g/mol. The van der Waals surface area contributed by atoms with Gasteiger partial charge in [0.1, 0.15) is 20.9 Å². The number of carbonyl (C=O) groups excluding carboxylic acids is 3. The fourth-order valence-corrected chi connectivity index (χ4v) is 10.6. The Labute approximate surface area is 396 Å². The number of carbonyl (C=O) groups is 3. The highest BCUT2D eigenvalue weighted by atomic mass is 35.5. The summed E-state index contributed by atoms with van der Waals surface area (Å²) in [6, 6.07) is 24.6. The molecule has 5 aromatic carbocycles. The van der Waals surface area contributed by atoms with Gasteiger partial charge >= 0.3 is 0 Å². The maximum Gasteiger partial charge on any atom is 0.269 e. The largest absolute Gasteiger partial charge is 0.365 e. The van der Waals surface area contributed by atoms with Gasteiger partial charge < -0.3 is 16.0 Å². The van der Waals surface area contributed by atoms with Gasteiger partial charge in [0, 0.05) is 11.3 Å². The second-order valence-corrected chi connectivity index (χ2v) is 21.1. The number of sulfonamides is 3. The van der Waals surface area contributed by atoms with Crippen molar-refractivity contribution >= 4 is 105 Å². The number of amides is 3. The quantitative estimate of drug-likeness (QED) is 0.104. The molecule has 0 fully saturated rings. The number of nitrogens with zero attached hydrogens (tertiary/aromatic N) is 2. The Morgan fingerprint density at radius 2 is 1.23 bits per heavy atom. The predicted molar refractivity (Wildman–Crippen MR) is 254 cm³/mol. The summed E-state index contributed by atoms with van der Waals surface area (Å²) in [6.07, 6.45) is 1.00. The standard InChI is InChI=1S/2C16H16ClN3O3S.C10H12ClN3O3S/c1-9-5-3-4-6-14(9)20-10(2)19-13-8-12(17)15(24(18,22)23)7-11(13)16(20)21;1-10-8-11-4-2-3-5-14(11)20(10)19-16(21)12-6-7-13(17)15(9-12)24(18,22)23;1-2-9-13-7-4-6(11)8(18(12,16)17)3-5(7)10(15)14-9/h3-8,10,19H,1-2H3,(H2,18,22,23);2-7,9-10H,8H2,1H3,(H,19,21)(H2,18,22,23);3-4,9,13H,2H2,1H3,(H,14,15)(H2,12,16,17). The van der Waals surface area contributed by atoms with E-state index >= 15 is 0 Å². The molecule has 10 N–H and O–H groups in total. The Morgan fingerprint density at radius 1 is 0.697 bits per heavy atom. The van der Waals surface area contributed by atoms with E-state index in [0.717, 1.165) is 28.9 Å². The van der Waals surface area contributed by atoms with Crippen LogP contribution in [0.3, 0.4) is 0 Å². The number of fused-ring (bicyclic) bond motifs is 3. The summed E-state index contributed by atoms with van der Waals surface area (Å²) in [5, 5.41) is 26.0. The topological polar surface area (TPSA) is 286 Å². The van der Waals surface area contributed by atoms with E-state index in [-0.39, 0.29) is 76.6 Å². The molecule has 0 aromatic heterocycles. The Morgan fingerprint density at radius 3 is 1.80 bits per heavy atom. The van der Waals surface area contributed by atoms with E-state index in [1.807, 2.05) is 76.2 Å². The van der Waals surface area contributed by atoms with Gasteiger partial charge in [0.15, 0.2) is 0 Å². The molecule has 3 aliphatic rings. The molecule has 350 valence electrons. The Hall–Kier alpha value is -5.49. The van der Waals surface area contributed by atoms with Crippen molar-refractivity contribution < 1.29 is 39.6 Å². The number of rotatable bonds is 7. The highest BCUT2D eigenvalue weighted by Crippen LogP contribution is 2.36. The lowest BCUT2D eigenvalue weighted by Gasteiger charge is -2.37. The molecule has 3 heterocycles. The van der Waals surface area contributed by atoms with Crippen molar-refractivity contribution in [2.45, 2.75) is 73.6 Å². The van der Waals surface area contributed by atoms with Crippen LogP contribution in [0.2, 0.25) is 15.1 Å². The van der Waals surface area contributed by atoms with Crippen LogP contribution in [0.4, 0.5) is 22.7 Å². The molecule has 3 unspecified atom stereocenters. The number of benzene rings is 5. The first-order valence-corrected chi connectivity index (χ1v) is 25.5. The molecule has 0 aliphatic carbocycles. The molecule has 3 atom stereocenters. The average molecular weight is 1020 g/mol. The Balaban J connectivity index is 0.000000166. The van der Waals surface area contributed by atoms with Crippen LogP contribution in [0.5, 0.6) is 0 Å². The summed E-state index contributed by atoms with van der Waals surface area (Å²) in [5.74, 6) is -1.09. The molecule has 66 heavy (non-hydrogen) atoms. The minimum Gasteiger partial charge on any atom is -0.365 e. The first-order valence-electron chi connectivity index (χ1n) is 19.8. The monoisotopic (exact) mass is 1020 g/mol. The Bertz CT molecular complexity index is 3130. The van der Waals surface area contributed by atoms with Crippen molar-refractivity contribution in [1.29, 1.82) is 0 Å². The number of hydrazine groups is 1. The fraction of sp³-hybridized carbons (Fsp3) is 0.214. The zero-order valence-electron chi connectivity index (χ0n) is 35.5. The molecule has 18 nitrogen and oxygen atoms in total. The number of hydrogen-bond acceptors (Lipinski definition) is 12. The van der Waals surface area contributed by atoms with Crippen LogP contribution < -0.4 is 46.7 Å². The molecule has 0 spiro atoms. The van der Waals surface area contributed by atoms with Gasteiger partial charge in [-0.15, -0.1) is 0 Å². The first-order chi connectivity index (χ1) is 30.8. The lowest BCUT2D eigenvalue weighted by Crippen LogP contribution is -2.47. The zero-order chi connectivity index (χ0) is 48.6. The molecule has 24 heteroatoms. The van der Waals surface area contributed by atoms with E-state index in [2.05, 4.69) is 21.4 Å². The van der Waals surface area contributed by atoms with Crippen LogP contribution in [0, 0.1) is 6.92 Å². The van der Waals surface area contributed by atoms with E-state index in [1.165, 1.54) is 42.5 Å². The van der Waals surface area contributed by atoms with Gasteiger partial charge in [-0.1, -0.05) is 78.1 Å². The molecule has 0 radical (unpaired) electrons. The number of hydrogen-bond donors (Lipinski definition) is 7. The van der Waals surface area contributed by atoms with E-state index < -0.39 is 36.0 Å². The van der Waals surface area contributed by atoms with E-state index in [4.69, 9.17) is 50.2 Å².